The smallest absolute Gasteiger partial charge is 0.236 e. The van der Waals surface area contributed by atoms with E-state index in [1.165, 1.54) is 11.3 Å². The minimum atomic E-state index is -0.352. The van der Waals surface area contributed by atoms with Crippen LogP contribution in [0.3, 0.4) is 0 Å². The van der Waals surface area contributed by atoms with Crippen molar-refractivity contribution in [1.29, 1.82) is 0 Å². The average molecular weight is 240 g/mol. The Balaban J connectivity index is 2.73. The van der Waals surface area contributed by atoms with Crippen LogP contribution in [0.25, 0.3) is 0 Å². The molecule has 4 nitrogen and oxygen atoms in total. The van der Waals surface area contributed by atoms with Crippen LogP contribution in [0.1, 0.15) is 29.4 Å². The van der Waals surface area contributed by atoms with Crippen molar-refractivity contribution in [3.8, 4) is 0 Å². The van der Waals surface area contributed by atoms with Gasteiger partial charge in [0.05, 0.1) is 11.4 Å². The number of nitrogens with two attached hydrogens (primary N) is 1. The predicted molar refractivity (Wildman–Crippen MR) is 66.0 cm³/mol. The van der Waals surface area contributed by atoms with E-state index in [0.717, 1.165) is 31.4 Å². The number of aldehydes is 1. The van der Waals surface area contributed by atoms with Gasteiger partial charge in [-0.25, -0.2) is 0 Å². The van der Waals surface area contributed by atoms with Gasteiger partial charge < -0.3 is 10.6 Å². The lowest BCUT2D eigenvalue weighted by atomic mass is 10.3. The molecule has 0 saturated heterocycles. The lowest BCUT2D eigenvalue weighted by molar-refractivity contribution is -0.116. The van der Waals surface area contributed by atoms with Crippen molar-refractivity contribution in [2.75, 3.05) is 18.0 Å². The van der Waals surface area contributed by atoms with E-state index in [2.05, 4.69) is 6.92 Å². The second-order valence-electron chi connectivity index (χ2n) is 3.57. The van der Waals surface area contributed by atoms with Crippen molar-refractivity contribution < 1.29 is 9.59 Å². The first kappa shape index (κ1) is 12.7. The number of primary amides is 1. The highest BCUT2D eigenvalue weighted by Crippen LogP contribution is 2.22. The van der Waals surface area contributed by atoms with Crippen molar-refractivity contribution in [3.63, 3.8) is 0 Å². The van der Waals surface area contributed by atoms with Crippen molar-refractivity contribution in [2.24, 2.45) is 5.73 Å². The van der Waals surface area contributed by atoms with Crippen LogP contribution >= 0.6 is 11.3 Å². The van der Waals surface area contributed by atoms with Crippen LogP contribution in [0.4, 0.5) is 5.69 Å². The molecule has 1 aromatic rings. The van der Waals surface area contributed by atoms with Gasteiger partial charge in [-0.05, 0) is 12.5 Å². The minimum absolute atomic E-state index is 0.203. The maximum absolute atomic E-state index is 10.9. The van der Waals surface area contributed by atoms with Gasteiger partial charge in [0.2, 0.25) is 5.91 Å². The normalized spacial score (nSPS) is 10.1. The van der Waals surface area contributed by atoms with Gasteiger partial charge in [0.1, 0.15) is 0 Å². The number of rotatable bonds is 7. The average Bonchev–Trinajstić information content (AvgIpc) is 2.72. The zero-order valence-electron chi connectivity index (χ0n) is 9.31. The first-order valence-corrected chi connectivity index (χ1v) is 6.12. The number of unbranched alkanes of at least 4 members (excludes halogenated alkanes) is 1. The molecular weight excluding hydrogens is 224 g/mol. The third kappa shape index (κ3) is 3.66. The highest BCUT2D eigenvalue weighted by Gasteiger charge is 2.10. The summed E-state index contributed by atoms with van der Waals surface area (Å²) in [6.07, 6.45) is 2.87. The van der Waals surface area contributed by atoms with Crippen LogP contribution in [0.15, 0.2) is 11.4 Å². The van der Waals surface area contributed by atoms with E-state index in [1.807, 2.05) is 10.3 Å². The number of carbonyl (C=O) groups is 2. The summed E-state index contributed by atoms with van der Waals surface area (Å²) in [6.45, 7) is 3.08. The van der Waals surface area contributed by atoms with Gasteiger partial charge in [-0.3, -0.25) is 9.59 Å². The molecule has 5 heteroatoms. The molecule has 16 heavy (non-hydrogen) atoms. The Kier molecular flexibility index (Phi) is 4.98. The Morgan fingerprint density at radius 1 is 1.62 bits per heavy atom. The first-order valence-electron chi connectivity index (χ1n) is 5.24. The standard InChI is InChI=1S/C11H16N2O2S/c1-2-3-4-13(6-11(12)15)9-5-10(7-14)16-8-9/h5,7-8H,2-4,6H2,1H3,(H2,12,15). The number of nitrogens with zero attached hydrogens (tertiary/aromatic N) is 1. The topological polar surface area (TPSA) is 63.4 Å². The monoisotopic (exact) mass is 240 g/mol. The molecule has 0 radical (unpaired) electrons. The molecule has 0 spiro atoms. The van der Waals surface area contributed by atoms with E-state index < -0.39 is 0 Å². The summed E-state index contributed by atoms with van der Waals surface area (Å²) in [5, 5.41) is 1.88. The number of anilines is 1. The third-order valence-corrected chi connectivity index (χ3v) is 3.06. The molecule has 1 aromatic heterocycles. The minimum Gasteiger partial charge on any atom is -0.368 e. The van der Waals surface area contributed by atoms with Crippen LogP contribution in [-0.2, 0) is 4.79 Å². The van der Waals surface area contributed by atoms with Crippen LogP contribution in [0.5, 0.6) is 0 Å². The number of hydrogen-bond donors (Lipinski definition) is 1. The summed E-state index contributed by atoms with van der Waals surface area (Å²) in [5.74, 6) is -0.352. The van der Waals surface area contributed by atoms with Crippen molar-refractivity contribution >= 4 is 29.2 Å². The van der Waals surface area contributed by atoms with Crippen LogP contribution < -0.4 is 10.6 Å². The fourth-order valence-corrected chi connectivity index (χ4v) is 2.12. The Bertz CT molecular complexity index is 363. The van der Waals surface area contributed by atoms with Crippen LogP contribution in [0.2, 0.25) is 0 Å². The van der Waals surface area contributed by atoms with Gasteiger partial charge in [0.25, 0.3) is 0 Å². The molecule has 0 aliphatic carbocycles. The van der Waals surface area contributed by atoms with Gasteiger partial charge >= 0.3 is 0 Å². The fourth-order valence-electron chi connectivity index (χ4n) is 1.41. The zero-order chi connectivity index (χ0) is 12.0. The Morgan fingerprint density at radius 3 is 2.88 bits per heavy atom. The van der Waals surface area contributed by atoms with Crippen molar-refractivity contribution in [3.05, 3.63) is 16.3 Å². The fraction of sp³-hybridized carbons (Fsp3) is 0.455. The third-order valence-electron chi connectivity index (χ3n) is 2.22. The summed E-state index contributed by atoms with van der Waals surface area (Å²) >= 11 is 1.38. The molecule has 0 fully saturated rings. The number of carbonyl (C=O) groups excluding carboxylic acids is 2. The molecule has 0 saturated carbocycles. The molecule has 0 aliphatic heterocycles. The van der Waals surface area contributed by atoms with E-state index in [9.17, 15) is 9.59 Å². The largest absolute Gasteiger partial charge is 0.368 e. The summed E-state index contributed by atoms with van der Waals surface area (Å²) in [7, 11) is 0. The molecule has 1 amide bonds. The van der Waals surface area contributed by atoms with E-state index in [4.69, 9.17) is 5.73 Å². The van der Waals surface area contributed by atoms with Gasteiger partial charge in [-0.2, -0.15) is 0 Å². The molecule has 2 N–H and O–H groups in total. The molecule has 1 rings (SSSR count). The summed E-state index contributed by atoms with van der Waals surface area (Å²) in [4.78, 5) is 24.1. The number of amides is 1. The van der Waals surface area contributed by atoms with E-state index in [0.29, 0.717) is 4.88 Å². The van der Waals surface area contributed by atoms with Gasteiger partial charge in [0.15, 0.2) is 6.29 Å². The van der Waals surface area contributed by atoms with E-state index in [-0.39, 0.29) is 12.5 Å². The Morgan fingerprint density at radius 2 is 2.38 bits per heavy atom. The summed E-state index contributed by atoms with van der Waals surface area (Å²) in [5.41, 5.74) is 6.10. The van der Waals surface area contributed by atoms with Crippen molar-refractivity contribution in [2.45, 2.75) is 19.8 Å². The lowest BCUT2D eigenvalue weighted by Crippen LogP contribution is -2.34. The molecule has 0 atom stereocenters. The first-order chi connectivity index (χ1) is 7.67. The van der Waals surface area contributed by atoms with E-state index >= 15 is 0 Å². The Labute approximate surface area is 99.0 Å². The summed E-state index contributed by atoms with van der Waals surface area (Å²) in [6, 6.07) is 1.79. The quantitative estimate of drug-likeness (QED) is 0.737. The van der Waals surface area contributed by atoms with E-state index in [1.54, 1.807) is 6.07 Å². The molecular formula is C11H16N2O2S. The Hall–Kier alpha value is -1.36. The lowest BCUT2D eigenvalue weighted by Gasteiger charge is -2.21. The molecule has 0 bridgehead atoms. The molecule has 0 unspecified atom stereocenters. The number of thiophene rings is 1. The highest BCUT2D eigenvalue weighted by atomic mass is 32.1. The maximum atomic E-state index is 10.9. The van der Waals surface area contributed by atoms with Gasteiger partial charge in [-0.1, -0.05) is 13.3 Å². The van der Waals surface area contributed by atoms with Crippen molar-refractivity contribution in [1.82, 2.24) is 0 Å². The second kappa shape index (κ2) is 6.27. The second-order valence-corrected chi connectivity index (χ2v) is 4.51. The molecule has 1 heterocycles. The zero-order valence-corrected chi connectivity index (χ0v) is 10.1. The summed E-state index contributed by atoms with van der Waals surface area (Å²) < 4.78 is 0. The maximum Gasteiger partial charge on any atom is 0.236 e. The number of hydrogen-bond acceptors (Lipinski definition) is 4. The predicted octanol–water partition coefficient (Wildman–Crippen LogP) is 1.65. The highest BCUT2D eigenvalue weighted by molar-refractivity contribution is 7.12. The molecule has 0 aliphatic rings. The molecule has 88 valence electrons. The van der Waals surface area contributed by atoms with Gasteiger partial charge in [0, 0.05) is 17.6 Å². The van der Waals surface area contributed by atoms with Gasteiger partial charge in [-0.15, -0.1) is 11.3 Å². The van der Waals surface area contributed by atoms with Crippen LogP contribution in [-0.4, -0.2) is 25.3 Å². The SMILES string of the molecule is CCCCN(CC(N)=O)c1csc(C=O)c1. The van der Waals surface area contributed by atoms with Crippen LogP contribution in [0, 0.1) is 0 Å². The molecule has 0 aromatic carbocycles.